The van der Waals surface area contributed by atoms with Gasteiger partial charge < -0.3 is 14.6 Å². The van der Waals surface area contributed by atoms with Crippen LogP contribution in [0.15, 0.2) is 48.7 Å². The van der Waals surface area contributed by atoms with Crippen molar-refractivity contribution in [3.8, 4) is 5.75 Å². The Morgan fingerprint density at radius 2 is 1.67 bits per heavy atom. The predicted molar refractivity (Wildman–Crippen MR) is 153 cm³/mol. The highest BCUT2D eigenvalue weighted by Crippen LogP contribution is 2.34. The maximum atomic E-state index is 12.7. The Hall–Kier alpha value is -2.49. The Morgan fingerprint density at radius 3 is 2.39 bits per heavy atom. The molecule has 198 valence electrons. The lowest BCUT2D eigenvalue weighted by atomic mass is 9.89. The summed E-state index contributed by atoms with van der Waals surface area (Å²) >= 11 is 0. The lowest BCUT2D eigenvalue weighted by Gasteiger charge is -2.32. The third kappa shape index (κ3) is 9.19. The second-order valence-electron chi connectivity index (χ2n) is 10.3. The van der Waals surface area contributed by atoms with Gasteiger partial charge in [-0.15, -0.1) is 0 Å². The van der Waals surface area contributed by atoms with Gasteiger partial charge in [-0.05, 0) is 81.0 Å². The first-order valence-corrected chi connectivity index (χ1v) is 14.5. The maximum absolute atomic E-state index is 12.7. The summed E-state index contributed by atoms with van der Waals surface area (Å²) in [5, 5.41) is 1.25. The van der Waals surface area contributed by atoms with Crippen LogP contribution < -0.4 is 4.74 Å². The molecule has 1 saturated heterocycles. The highest BCUT2D eigenvalue weighted by atomic mass is 16.5. The van der Waals surface area contributed by atoms with E-state index < -0.39 is 0 Å². The number of unbranched alkanes of at least 4 members (excludes halogenated alkanes) is 8. The van der Waals surface area contributed by atoms with Gasteiger partial charge in [-0.2, -0.15) is 0 Å². The van der Waals surface area contributed by atoms with Crippen molar-refractivity contribution in [2.45, 2.75) is 103 Å². The molecule has 1 fully saturated rings. The van der Waals surface area contributed by atoms with Gasteiger partial charge in [0.15, 0.2) is 0 Å². The van der Waals surface area contributed by atoms with E-state index in [-0.39, 0.29) is 0 Å². The largest absolute Gasteiger partial charge is 0.497 e. The third-order valence-electron chi connectivity index (χ3n) is 7.55. The number of allylic oxidation sites excluding steroid dienone is 4. The molecule has 1 aromatic carbocycles. The van der Waals surface area contributed by atoms with Gasteiger partial charge in [0.1, 0.15) is 5.75 Å². The normalized spacial score (nSPS) is 15.0. The van der Waals surface area contributed by atoms with Crippen LogP contribution in [-0.2, 0) is 4.79 Å². The number of ether oxygens (including phenoxy) is 1. The predicted octanol–water partition coefficient (Wildman–Crippen LogP) is 8.70. The highest BCUT2D eigenvalue weighted by Gasteiger charge is 2.25. The van der Waals surface area contributed by atoms with Crippen molar-refractivity contribution in [3.05, 3.63) is 54.3 Å². The van der Waals surface area contributed by atoms with Gasteiger partial charge in [0.2, 0.25) is 5.91 Å². The van der Waals surface area contributed by atoms with Crippen LogP contribution in [0.2, 0.25) is 0 Å². The molecule has 1 amide bonds. The summed E-state index contributed by atoms with van der Waals surface area (Å²) < 4.78 is 5.42. The summed E-state index contributed by atoms with van der Waals surface area (Å²) in [4.78, 5) is 18.2. The molecule has 0 radical (unpaired) electrons. The molecule has 36 heavy (non-hydrogen) atoms. The van der Waals surface area contributed by atoms with E-state index in [1.54, 1.807) is 7.11 Å². The SMILES string of the molecule is CCCCC/C=C\C/C=C\CCCCCCCC(=O)N1CCC(c2c[nH]c3ccc(OC)cc23)CC1. The Labute approximate surface area is 219 Å². The first-order valence-electron chi connectivity index (χ1n) is 14.5. The number of methoxy groups -OCH3 is 1. The molecule has 0 saturated carbocycles. The Morgan fingerprint density at radius 1 is 0.972 bits per heavy atom. The van der Waals surface area contributed by atoms with E-state index in [1.165, 1.54) is 68.7 Å². The van der Waals surface area contributed by atoms with Gasteiger partial charge in [-0.1, -0.05) is 63.3 Å². The molecule has 0 bridgehead atoms. The topological polar surface area (TPSA) is 45.3 Å². The summed E-state index contributed by atoms with van der Waals surface area (Å²) in [5.74, 6) is 1.75. The molecule has 4 heteroatoms. The minimum absolute atomic E-state index is 0.347. The van der Waals surface area contributed by atoms with E-state index in [9.17, 15) is 4.79 Å². The zero-order chi connectivity index (χ0) is 25.4. The summed E-state index contributed by atoms with van der Waals surface area (Å²) in [6.45, 7) is 4.00. The van der Waals surface area contributed by atoms with E-state index in [1.807, 2.05) is 6.07 Å². The molecule has 4 nitrogen and oxygen atoms in total. The van der Waals surface area contributed by atoms with Crippen LogP contribution in [0.25, 0.3) is 10.9 Å². The number of piperidine rings is 1. The number of H-pyrrole nitrogens is 1. The molecule has 1 aliphatic rings. The van der Waals surface area contributed by atoms with Crippen LogP contribution in [0, 0.1) is 0 Å². The quantitative estimate of drug-likeness (QED) is 0.188. The van der Waals surface area contributed by atoms with Crippen LogP contribution in [0.3, 0.4) is 0 Å². The number of aromatic nitrogens is 1. The second kappa shape index (κ2) is 16.3. The standard InChI is InChI=1S/C32H48N2O2/c1-3-4-5-6-7-8-9-10-11-12-13-14-15-16-17-18-32(35)34-23-21-27(22-24-34)30-26-33-31-20-19-28(36-2)25-29(30)31/h7-8,10-11,19-20,25-27,33H,3-6,9,12-18,21-24H2,1-2H3/b8-7-,11-10-. The van der Waals surface area contributed by atoms with Crippen molar-refractivity contribution in [1.29, 1.82) is 0 Å². The van der Waals surface area contributed by atoms with E-state index in [0.29, 0.717) is 18.2 Å². The number of amides is 1. The summed E-state index contributed by atoms with van der Waals surface area (Å²) in [7, 11) is 1.71. The van der Waals surface area contributed by atoms with Crippen molar-refractivity contribution in [2.24, 2.45) is 0 Å². The van der Waals surface area contributed by atoms with Crippen molar-refractivity contribution < 1.29 is 9.53 Å². The maximum Gasteiger partial charge on any atom is 0.222 e. The molecule has 0 spiro atoms. The fourth-order valence-corrected chi connectivity index (χ4v) is 5.27. The Balaban J connectivity index is 1.22. The molecule has 0 aliphatic carbocycles. The number of nitrogens with zero attached hydrogens (tertiary/aromatic N) is 1. The van der Waals surface area contributed by atoms with Crippen molar-refractivity contribution in [1.82, 2.24) is 9.88 Å². The number of nitrogens with one attached hydrogen (secondary N) is 1. The molecule has 1 N–H and O–H groups in total. The van der Waals surface area contributed by atoms with Gasteiger partial charge >= 0.3 is 0 Å². The molecular weight excluding hydrogens is 444 g/mol. The van der Waals surface area contributed by atoms with E-state index in [0.717, 1.165) is 50.0 Å². The minimum atomic E-state index is 0.347. The number of likely N-dealkylation sites (tertiary alicyclic amines) is 1. The monoisotopic (exact) mass is 492 g/mol. The van der Waals surface area contributed by atoms with Gasteiger partial charge in [0.25, 0.3) is 0 Å². The number of aromatic amines is 1. The fourth-order valence-electron chi connectivity index (χ4n) is 5.27. The molecule has 2 aromatic rings. The van der Waals surface area contributed by atoms with Crippen molar-refractivity contribution in [3.63, 3.8) is 0 Å². The lowest BCUT2D eigenvalue weighted by molar-refractivity contribution is -0.132. The number of rotatable bonds is 16. The van der Waals surface area contributed by atoms with Crippen LogP contribution in [0.1, 0.15) is 108 Å². The zero-order valence-electron chi connectivity index (χ0n) is 22.8. The molecule has 0 atom stereocenters. The first kappa shape index (κ1) is 28.1. The smallest absolute Gasteiger partial charge is 0.222 e. The summed E-state index contributed by atoms with van der Waals surface area (Å²) in [6.07, 6.45) is 27.6. The Kier molecular flexibility index (Phi) is 12.7. The summed E-state index contributed by atoms with van der Waals surface area (Å²) in [6, 6.07) is 6.21. The number of hydrogen-bond donors (Lipinski definition) is 1. The average Bonchev–Trinajstić information content (AvgIpc) is 3.34. The van der Waals surface area contributed by atoms with Crippen LogP contribution in [0.4, 0.5) is 0 Å². The van der Waals surface area contributed by atoms with Crippen molar-refractivity contribution in [2.75, 3.05) is 20.2 Å². The second-order valence-corrected chi connectivity index (χ2v) is 10.3. The van der Waals surface area contributed by atoms with Crippen LogP contribution >= 0.6 is 0 Å². The molecule has 1 aromatic heterocycles. The fraction of sp³-hybridized carbons (Fsp3) is 0.594. The summed E-state index contributed by atoms with van der Waals surface area (Å²) in [5.41, 5.74) is 2.52. The molecule has 3 rings (SSSR count). The number of carbonyl (C=O) groups is 1. The minimum Gasteiger partial charge on any atom is -0.497 e. The number of fused-ring (bicyclic) bond motifs is 1. The average molecular weight is 493 g/mol. The van der Waals surface area contributed by atoms with E-state index in [4.69, 9.17) is 4.74 Å². The number of benzene rings is 1. The molecule has 1 aliphatic heterocycles. The molecule has 0 unspecified atom stereocenters. The van der Waals surface area contributed by atoms with Gasteiger partial charge in [0.05, 0.1) is 7.11 Å². The molecular formula is C32H48N2O2. The lowest BCUT2D eigenvalue weighted by Crippen LogP contribution is -2.37. The van der Waals surface area contributed by atoms with E-state index in [2.05, 4.69) is 59.4 Å². The zero-order valence-corrected chi connectivity index (χ0v) is 22.8. The van der Waals surface area contributed by atoms with E-state index >= 15 is 0 Å². The van der Waals surface area contributed by atoms with Gasteiger partial charge in [0, 0.05) is 36.6 Å². The number of hydrogen-bond acceptors (Lipinski definition) is 2. The van der Waals surface area contributed by atoms with Crippen LogP contribution in [-0.4, -0.2) is 36.0 Å². The number of carbonyl (C=O) groups excluding carboxylic acids is 1. The Bertz CT molecular complexity index is 950. The van der Waals surface area contributed by atoms with Crippen LogP contribution in [0.5, 0.6) is 5.75 Å². The van der Waals surface area contributed by atoms with Gasteiger partial charge in [-0.3, -0.25) is 4.79 Å². The molecule has 2 heterocycles. The first-order chi connectivity index (χ1) is 17.7. The van der Waals surface area contributed by atoms with Crippen molar-refractivity contribution >= 4 is 16.8 Å². The highest BCUT2D eigenvalue weighted by molar-refractivity contribution is 5.85. The third-order valence-corrected chi connectivity index (χ3v) is 7.55. The van der Waals surface area contributed by atoms with Gasteiger partial charge in [-0.25, -0.2) is 0 Å².